The number of H-pyrrole nitrogens is 1. The number of aromatic amines is 1. The lowest BCUT2D eigenvalue weighted by Crippen LogP contribution is -2.04. The normalized spacial score (nSPS) is 17.1. The Morgan fingerprint density at radius 1 is 1.35 bits per heavy atom. The number of benzene rings is 1. The average Bonchev–Trinajstić information content (AvgIpc) is 2.86. The topological polar surface area (TPSA) is 20.7 Å². The van der Waals surface area contributed by atoms with Crippen molar-refractivity contribution in [3.63, 3.8) is 0 Å². The predicted octanol–water partition coefficient (Wildman–Crippen LogP) is 4.61. The van der Waals surface area contributed by atoms with E-state index >= 15 is 0 Å². The third-order valence-electron chi connectivity index (χ3n) is 3.45. The largest absolute Gasteiger partial charge is 0.331 e. The van der Waals surface area contributed by atoms with Crippen LogP contribution in [0.2, 0.25) is 5.02 Å². The van der Waals surface area contributed by atoms with Crippen LogP contribution in [0.3, 0.4) is 0 Å². The number of nitrogens with one attached hydrogen (secondary N) is 1. The maximum Gasteiger partial charge on any atom is 0.178 e. The number of nitrogens with zero attached hydrogens (tertiary/aromatic N) is 1. The van der Waals surface area contributed by atoms with Gasteiger partial charge in [-0.1, -0.05) is 24.4 Å². The first kappa shape index (κ1) is 11.2. The van der Waals surface area contributed by atoms with E-state index < -0.39 is 0 Å². The van der Waals surface area contributed by atoms with Gasteiger partial charge < -0.3 is 9.55 Å². The summed E-state index contributed by atoms with van der Waals surface area (Å²) in [7, 11) is 0. The number of halogens is 2. The van der Waals surface area contributed by atoms with E-state index in [0.717, 1.165) is 23.9 Å². The van der Waals surface area contributed by atoms with E-state index in [9.17, 15) is 4.39 Å². The zero-order chi connectivity index (χ0) is 12.0. The van der Waals surface area contributed by atoms with Gasteiger partial charge in [-0.05, 0) is 31.1 Å². The molecule has 1 heterocycles. The lowest BCUT2D eigenvalue weighted by atomic mass is 10.2. The molecule has 0 atom stereocenters. The molecule has 2 aromatic rings. The quantitative estimate of drug-likeness (QED) is 0.751. The van der Waals surface area contributed by atoms with Crippen molar-refractivity contribution < 1.29 is 4.39 Å². The molecule has 1 aliphatic carbocycles. The summed E-state index contributed by atoms with van der Waals surface area (Å²) in [6.07, 6.45) is 4.67. The van der Waals surface area contributed by atoms with Gasteiger partial charge in [-0.25, -0.2) is 4.39 Å². The smallest absolute Gasteiger partial charge is 0.178 e. The predicted molar refractivity (Wildman–Crippen MR) is 69.6 cm³/mol. The van der Waals surface area contributed by atoms with Crippen molar-refractivity contribution in [2.75, 3.05) is 0 Å². The number of hydrogen-bond donors (Lipinski definition) is 1. The van der Waals surface area contributed by atoms with Crippen LogP contribution in [0.1, 0.15) is 31.7 Å². The van der Waals surface area contributed by atoms with Gasteiger partial charge in [0.1, 0.15) is 5.82 Å². The van der Waals surface area contributed by atoms with Crippen LogP contribution in [0.4, 0.5) is 4.39 Å². The van der Waals surface area contributed by atoms with Crippen LogP contribution >= 0.6 is 23.8 Å². The van der Waals surface area contributed by atoms with Gasteiger partial charge in [0.25, 0.3) is 0 Å². The van der Waals surface area contributed by atoms with Gasteiger partial charge in [0.05, 0.1) is 16.1 Å². The Kier molecular flexibility index (Phi) is 2.71. The number of fused-ring (bicyclic) bond motifs is 1. The fourth-order valence-corrected chi connectivity index (χ4v) is 3.17. The number of hydrogen-bond acceptors (Lipinski definition) is 1. The Balaban J connectivity index is 2.26. The van der Waals surface area contributed by atoms with Crippen LogP contribution < -0.4 is 0 Å². The van der Waals surface area contributed by atoms with Gasteiger partial charge in [0.15, 0.2) is 4.77 Å². The van der Waals surface area contributed by atoms with E-state index in [4.69, 9.17) is 23.8 Å². The van der Waals surface area contributed by atoms with Crippen molar-refractivity contribution in [2.24, 2.45) is 0 Å². The monoisotopic (exact) mass is 270 g/mol. The highest BCUT2D eigenvalue weighted by Gasteiger charge is 2.20. The van der Waals surface area contributed by atoms with Crippen LogP contribution in [0.15, 0.2) is 12.1 Å². The molecule has 0 unspecified atom stereocenters. The van der Waals surface area contributed by atoms with Gasteiger partial charge >= 0.3 is 0 Å². The summed E-state index contributed by atoms with van der Waals surface area (Å²) in [5.41, 5.74) is 1.64. The molecule has 1 aromatic carbocycles. The molecule has 5 heteroatoms. The van der Waals surface area contributed by atoms with Crippen molar-refractivity contribution >= 4 is 34.9 Å². The van der Waals surface area contributed by atoms with Gasteiger partial charge in [-0.15, -0.1) is 0 Å². The highest BCUT2D eigenvalue weighted by molar-refractivity contribution is 7.71. The fraction of sp³-hybridized carbons (Fsp3) is 0.417. The zero-order valence-corrected chi connectivity index (χ0v) is 10.7. The molecule has 17 heavy (non-hydrogen) atoms. The molecule has 1 aliphatic rings. The Hall–Kier alpha value is -0.870. The molecular formula is C12H12ClFN2S. The standard InChI is InChI=1S/C12H12ClFN2S/c13-8-5-10-11(6-9(8)14)16(12(17)15-10)7-3-1-2-4-7/h5-7H,1-4H2,(H,15,17). The molecule has 1 saturated carbocycles. The molecule has 0 spiro atoms. The summed E-state index contributed by atoms with van der Waals surface area (Å²) in [6.45, 7) is 0. The molecule has 0 radical (unpaired) electrons. The Bertz CT molecular complexity index is 625. The first-order chi connectivity index (χ1) is 8.16. The lowest BCUT2D eigenvalue weighted by molar-refractivity contribution is 0.525. The van der Waals surface area contributed by atoms with Gasteiger partial charge in [-0.3, -0.25) is 0 Å². The highest BCUT2D eigenvalue weighted by atomic mass is 35.5. The summed E-state index contributed by atoms with van der Waals surface area (Å²) in [5, 5.41) is 0.132. The summed E-state index contributed by atoms with van der Waals surface area (Å²) in [4.78, 5) is 3.10. The third-order valence-corrected chi connectivity index (χ3v) is 4.04. The van der Waals surface area contributed by atoms with E-state index in [2.05, 4.69) is 4.98 Å². The molecule has 0 saturated heterocycles. The van der Waals surface area contributed by atoms with E-state index in [1.54, 1.807) is 6.07 Å². The summed E-state index contributed by atoms with van der Waals surface area (Å²) in [5.74, 6) is -0.389. The van der Waals surface area contributed by atoms with Crippen molar-refractivity contribution in [1.29, 1.82) is 0 Å². The molecule has 90 valence electrons. The van der Waals surface area contributed by atoms with Crippen LogP contribution in [-0.2, 0) is 0 Å². The van der Waals surface area contributed by atoms with E-state index in [1.807, 2.05) is 4.57 Å². The van der Waals surface area contributed by atoms with Crippen LogP contribution in [0.5, 0.6) is 0 Å². The van der Waals surface area contributed by atoms with E-state index in [1.165, 1.54) is 18.9 Å². The summed E-state index contributed by atoms with van der Waals surface area (Å²) >= 11 is 11.1. The first-order valence-electron chi connectivity index (χ1n) is 5.76. The van der Waals surface area contributed by atoms with Gasteiger partial charge in [-0.2, -0.15) is 0 Å². The lowest BCUT2D eigenvalue weighted by Gasteiger charge is -2.12. The van der Waals surface area contributed by atoms with Crippen molar-refractivity contribution in [3.8, 4) is 0 Å². The molecule has 3 rings (SSSR count). The molecule has 0 amide bonds. The maximum absolute atomic E-state index is 13.5. The Morgan fingerprint density at radius 2 is 2.06 bits per heavy atom. The molecule has 1 N–H and O–H groups in total. The molecular weight excluding hydrogens is 259 g/mol. The zero-order valence-electron chi connectivity index (χ0n) is 9.17. The van der Waals surface area contributed by atoms with Gasteiger partial charge in [0, 0.05) is 12.1 Å². The van der Waals surface area contributed by atoms with Crippen molar-refractivity contribution in [3.05, 3.63) is 27.7 Å². The minimum atomic E-state index is -0.389. The molecule has 0 aliphatic heterocycles. The fourth-order valence-electron chi connectivity index (χ4n) is 2.65. The Morgan fingerprint density at radius 3 is 2.76 bits per heavy atom. The summed E-state index contributed by atoms with van der Waals surface area (Å²) < 4.78 is 16.2. The number of imidazole rings is 1. The molecule has 1 fully saturated rings. The Labute approximate surface area is 108 Å². The molecule has 2 nitrogen and oxygen atoms in total. The van der Waals surface area contributed by atoms with E-state index in [-0.39, 0.29) is 10.8 Å². The summed E-state index contributed by atoms with van der Waals surface area (Å²) in [6, 6.07) is 3.48. The second-order valence-electron chi connectivity index (χ2n) is 4.52. The van der Waals surface area contributed by atoms with Gasteiger partial charge in [0.2, 0.25) is 0 Å². The number of rotatable bonds is 1. The van der Waals surface area contributed by atoms with Crippen LogP contribution in [0.25, 0.3) is 11.0 Å². The minimum absolute atomic E-state index is 0.132. The second-order valence-corrected chi connectivity index (χ2v) is 5.32. The highest BCUT2D eigenvalue weighted by Crippen LogP contribution is 2.33. The first-order valence-corrected chi connectivity index (χ1v) is 6.54. The average molecular weight is 271 g/mol. The molecule has 0 bridgehead atoms. The van der Waals surface area contributed by atoms with Crippen LogP contribution in [0, 0.1) is 10.6 Å². The minimum Gasteiger partial charge on any atom is -0.331 e. The van der Waals surface area contributed by atoms with Crippen molar-refractivity contribution in [2.45, 2.75) is 31.7 Å². The SMILES string of the molecule is Fc1cc2c(cc1Cl)[nH]c(=S)n2C1CCCC1. The van der Waals surface area contributed by atoms with E-state index in [0.29, 0.717) is 10.8 Å². The molecule has 1 aromatic heterocycles. The van der Waals surface area contributed by atoms with Crippen LogP contribution in [-0.4, -0.2) is 9.55 Å². The number of aromatic nitrogens is 2. The second kappa shape index (κ2) is 4.10. The third kappa shape index (κ3) is 1.79. The van der Waals surface area contributed by atoms with Crippen molar-refractivity contribution in [1.82, 2.24) is 9.55 Å². The maximum atomic E-state index is 13.5.